The quantitative estimate of drug-likeness (QED) is 0.496. The van der Waals surface area contributed by atoms with Crippen molar-refractivity contribution in [3.63, 3.8) is 0 Å². The second-order valence-corrected chi connectivity index (χ2v) is 7.84. The average molecular weight is 428 g/mol. The normalized spacial score (nSPS) is 12.2. The Morgan fingerprint density at radius 1 is 1.15 bits per heavy atom. The monoisotopic (exact) mass is 427 g/mol. The predicted molar refractivity (Wildman–Crippen MR) is 111 cm³/mol. The fourth-order valence-electron chi connectivity index (χ4n) is 3.39. The number of hydrogen-bond acceptors (Lipinski definition) is 4. The van der Waals surface area contributed by atoms with Crippen LogP contribution in [0.25, 0.3) is 22.5 Å². The molecule has 1 aromatic heterocycles. The van der Waals surface area contributed by atoms with Crippen LogP contribution in [-0.4, -0.2) is 49.5 Å². The zero-order valence-electron chi connectivity index (χ0n) is 15.7. The Balaban J connectivity index is 1.68. The maximum absolute atomic E-state index is 5.98. The summed E-state index contributed by atoms with van der Waals surface area (Å²) < 4.78 is 12.6. The van der Waals surface area contributed by atoms with Crippen LogP contribution in [-0.2, 0) is 6.42 Å². The lowest BCUT2D eigenvalue weighted by molar-refractivity contribution is 0.251. The largest absolute Gasteiger partial charge is 0.493 e. The van der Waals surface area contributed by atoms with Gasteiger partial charge in [-0.2, -0.15) is 5.10 Å². The molecule has 0 aliphatic heterocycles. The molecule has 0 saturated carbocycles. The third kappa shape index (κ3) is 3.47. The Hall–Kier alpha value is -2.31. The lowest BCUT2D eigenvalue weighted by atomic mass is 10.1. The van der Waals surface area contributed by atoms with Crippen molar-refractivity contribution in [1.82, 2.24) is 15.1 Å². The second kappa shape index (κ2) is 7.37. The molecule has 6 heteroatoms. The summed E-state index contributed by atoms with van der Waals surface area (Å²) in [6, 6.07) is 12.4. The molecule has 1 aliphatic rings. The minimum Gasteiger partial charge on any atom is -0.493 e. The SMILES string of the molecule is COc1cc2c(cc1OCCN(C)C)-c1[nH]nc(-c3ccc(Br)cc3)c1C2. The molecule has 1 N–H and O–H groups in total. The molecule has 0 amide bonds. The molecule has 0 bridgehead atoms. The minimum absolute atomic E-state index is 0.613. The topological polar surface area (TPSA) is 50.4 Å². The van der Waals surface area contributed by atoms with Crippen LogP contribution < -0.4 is 9.47 Å². The summed E-state index contributed by atoms with van der Waals surface area (Å²) in [4.78, 5) is 2.09. The lowest BCUT2D eigenvalue weighted by Crippen LogP contribution is -2.19. The summed E-state index contributed by atoms with van der Waals surface area (Å²) >= 11 is 3.49. The number of hydrogen-bond donors (Lipinski definition) is 1. The molecule has 0 fully saturated rings. The van der Waals surface area contributed by atoms with Gasteiger partial charge in [0.2, 0.25) is 0 Å². The van der Waals surface area contributed by atoms with E-state index in [1.807, 2.05) is 26.2 Å². The minimum atomic E-state index is 0.613. The van der Waals surface area contributed by atoms with Crippen LogP contribution >= 0.6 is 15.9 Å². The highest BCUT2D eigenvalue weighted by Gasteiger charge is 2.27. The van der Waals surface area contributed by atoms with Gasteiger partial charge in [0, 0.05) is 34.1 Å². The number of H-pyrrole nitrogens is 1. The molecule has 3 aromatic rings. The van der Waals surface area contributed by atoms with Crippen molar-refractivity contribution >= 4 is 15.9 Å². The number of likely N-dealkylation sites (N-methyl/N-ethyl adjacent to an activating group) is 1. The van der Waals surface area contributed by atoms with Gasteiger partial charge in [0.1, 0.15) is 6.61 Å². The first-order valence-electron chi connectivity index (χ1n) is 8.89. The van der Waals surface area contributed by atoms with Crippen molar-refractivity contribution in [2.24, 2.45) is 0 Å². The number of benzene rings is 2. The van der Waals surface area contributed by atoms with Gasteiger partial charge in [-0.05, 0) is 43.9 Å². The molecule has 2 aromatic carbocycles. The zero-order valence-corrected chi connectivity index (χ0v) is 17.3. The summed E-state index contributed by atoms with van der Waals surface area (Å²) in [6.07, 6.45) is 0.834. The van der Waals surface area contributed by atoms with E-state index in [0.717, 1.165) is 51.5 Å². The van der Waals surface area contributed by atoms with Crippen molar-refractivity contribution in [3.05, 3.63) is 52.0 Å². The van der Waals surface area contributed by atoms with E-state index in [9.17, 15) is 0 Å². The Kier molecular flexibility index (Phi) is 4.93. The van der Waals surface area contributed by atoms with E-state index in [4.69, 9.17) is 9.47 Å². The third-order valence-corrected chi connectivity index (χ3v) is 5.34. The molecule has 0 saturated heterocycles. The van der Waals surface area contributed by atoms with Crippen LogP contribution in [0, 0.1) is 0 Å². The number of methoxy groups -OCH3 is 1. The highest BCUT2D eigenvalue weighted by Crippen LogP contribution is 2.44. The fourth-order valence-corrected chi connectivity index (χ4v) is 3.65. The molecule has 0 spiro atoms. The van der Waals surface area contributed by atoms with Gasteiger partial charge < -0.3 is 14.4 Å². The third-order valence-electron chi connectivity index (χ3n) is 4.81. The van der Waals surface area contributed by atoms with Gasteiger partial charge in [0.25, 0.3) is 0 Å². The van der Waals surface area contributed by atoms with Crippen LogP contribution in [0.3, 0.4) is 0 Å². The molecule has 1 aliphatic carbocycles. The maximum Gasteiger partial charge on any atom is 0.161 e. The predicted octanol–water partition coefficient (Wildman–Crippen LogP) is 4.36. The van der Waals surface area contributed by atoms with Crippen molar-refractivity contribution < 1.29 is 9.47 Å². The van der Waals surface area contributed by atoms with E-state index in [-0.39, 0.29) is 0 Å². The number of nitrogens with zero attached hydrogens (tertiary/aromatic N) is 2. The van der Waals surface area contributed by atoms with E-state index in [1.165, 1.54) is 11.1 Å². The molecule has 140 valence electrons. The molecular formula is C21H22BrN3O2. The maximum atomic E-state index is 5.98. The number of aromatic amines is 1. The number of aromatic nitrogens is 2. The Bertz CT molecular complexity index is 964. The Morgan fingerprint density at radius 3 is 2.63 bits per heavy atom. The second-order valence-electron chi connectivity index (χ2n) is 6.92. The number of ether oxygens (including phenoxy) is 2. The van der Waals surface area contributed by atoms with Crippen molar-refractivity contribution in [3.8, 4) is 34.0 Å². The van der Waals surface area contributed by atoms with Gasteiger partial charge in [-0.15, -0.1) is 0 Å². The Labute approximate surface area is 167 Å². The summed E-state index contributed by atoms with van der Waals surface area (Å²) in [5.41, 5.74) is 6.78. The van der Waals surface area contributed by atoms with E-state index >= 15 is 0 Å². The van der Waals surface area contributed by atoms with Gasteiger partial charge in [0.05, 0.1) is 18.5 Å². The van der Waals surface area contributed by atoms with Gasteiger partial charge in [-0.3, -0.25) is 5.10 Å². The van der Waals surface area contributed by atoms with Gasteiger partial charge in [-0.1, -0.05) is 28.1 Å². The first-order chi connectivity index (χ1) is 13.1. The van der Waals surface area contributed by atoms with Gasteiger partial charge in [-0.25, -0.2) is 0 Å². The smallest absolute Gasteiger partial charge is 0.161 e. The lowest BCUT2D eigenvalue weighted by Gasteiger charge is -2.15. The van der Waals surface area contributed by atoms with Crippen LogP contribution in [0.5, 0.6) is 11.5 Å². The van der Waals surface area contributed by atoms with E-state index < -0.39 is 0 Å². The van der Waals surface area contributed by atoms with E-state index in [2.05, 4.69) is 55.3 Å². The van der Waals surface area contributed by atoms with Crippen LogP contribution in [0.15, 0.2) is 40.9 Å². The molecule has 0 atom stereocenters. The Morgan fingerprint density at radius 2 is 1.93 bits per heavy atom. The average Bonchev–Trinajstić information content (AvgIpc) is 3.20. The first kappa shape index (κ1) is 18.1. The van der Waals surface area contributed by atoms with E-state index in [1.54, 1.807) is 7.11 Å². The number of fused-ring (bicyclic) bond motifs is 3. The van der Waals surface area contributed by atoms with E-state index in [0.29, 0.717) is 6.61 Å². The molecule has 27 heavy (non-hydrogen) atoms. The zero-order chi connectivity index (χ0) is 19.0. The number of rotatable bonds is 6. The summed E-state index contributed by atoms with van der Waals surface area (Å²) in [5, 5.41) is 7.80. The first-order valence-corrected chi connectivity index (χ1v) is 9.68. The van der Waals surface area contributed by atoms with Crippen molar-refractivity contribution in [2.45, 2.75) is 6.42 Å². The molecule has 0 radical (unpaired) electrons. The van der Waals surface area contributed by atoms with Crippen LogP contribution in [0.2, 0.25) is 0 Å². The molecule has 4 rings (SSSR count). The highest BCUT2D eigenvalue weighted by molar-refractivity contribution is 9.10. The summed E-state index contributed by atoms with van der Waals surface area (Å²) in [7, 11) is 5.75. The van der Waals surface area contributed by atoms with Crippen molar-refractivity contribution in [1.29, 1.82) is 0 Å². The molecule has 5 nitrogen and oxygen atoms in total. The van der Waals surface area contributed by atoms with Crippen molar-refractivity contribution in [2.75, 3.05) is 34.4 Å². The standard InChI is InChI=1S/C21H22BrN3O2/c1-25(2)8-9-27-19-12-16-14(11-18(19)26-3)10-17-20(23-24-21(16)17)13-4-6-15(22)7-5-13/h4-7,11-12H,8-10H2,1-3H3,(H,23,24). The van der Waals surface area contributed by atoms with Gasteiger partial charge >= 0.3 is 0 Å². The summed E-state index contributed by atoms with van der Waals surface area (Å²) in [5.74, 6) is 1.54. The van der Waals surface area contributed by atoms with Crippen LogP contribution in [0.1, 0.15) is 11.1 Å². The fraction of sp³-hybridized carbons (Fsp3) is 0.286. The van der Waals surface area contributed by atoms with Gasteiger partial charge in [0.15, 0.2) is 11.5 Å². The highest BCUT2D eigenvalue weighted by atomic mass is 79.9. The molecule has 0 unspecified atom stereocenters. The number of nitrogens with one attached hydrogen (secondary N) is 1. The van der Waals surface area contributed by atoms with Crippen LogP contribution in [0.4, 0.5) is 0 Å². The summed E-state index contributed by atoms with van der Waals surface area (Å²) in [6.45, 7) is 1.46. The molecule has 1 heterocycles. The molecular weight excluding hydrogens is 406 g/mol. The number of halogens is 1.